The monoisotopic (exact) mass is 238 g/mol. The van der Waals surface area contributed by atoms with Crippen molar-refractivity contribution in [3.8, 4) is 0 Å². The number of hydrogen-bond acceptors (Lipinski definition) is 2. The predicted molar refractivity (Wildman–Crippen MR) is 70.3 cm³/mol. The normalized spacial score (nSPS) is 15.2. The summed E-state index contributed by atoms with van der Waals surface area (Å²) < 4.78 is 0. The first-order chi connectivity index (χ1) is 7.76. The van der Waals surface area contributed by atoms with E-state index in [9.17, 15) is 0 Å². The van der Waals surface area contributed by atoms with Gasteiger partial charge in [-0.15, -0.1) is 0 Å². The molecule has 2 rings (SSSR count). The zero-order chi connectivity index (χ0) is 11.5. The van der Waals surface area contributed by atoms with Gasteiger partial charge in [0.1, 0.15) is 0 Å². The highest BCUT2D eigenvalue weighted by Gasteiger charge is 2.29. The van der Waals surface area contributed by atoms with E-state index in [1.54, 1.807) is 0 Å². The van der Waals surface area contributed by atoms with Gasteiger partial charge in [0, 0.05) is 29.8 Å². The molecule has 88 valence electrons. The Labute approximate surface area is 103 Å². The molecule has 0 atom stereocenters. The Bertz CT molecular complexity index is 361. The van der Waals surface area contributed by atoms with Crippen molar-refractivity contribution in [2.24, 2.45) is 0 Å². The van der Waals surface area contributed by atoms with E-state index < -0.39 is 0 Å². The Kier molecular flexibility index (Phi) is 3.72. The molecule has 1 aliphatic rings. The van der Waals surface area contributed by atoms with Gasteiger partial charge in [-0.2, -0.15) is 0 Å². The third kappa shape index (κ3) is 2.50. The Hall–Kier alpha value is -0.730. The van der Waals surface area contributed by atoms with Crippen LogP contribution in [-0.4, -0.2) is 19.6 Å². The van der Waals surface area contributed by atoms with E-state index >= 15 is 0 Å². The lowest BCUT2D eigenvalue weighted by atomic mass is 10.1. The molecule has 0 aromatic heterocycles. The van der Waals surface area contributed by atoms with Crippen LogP contribution in [0.15, 0.2) is 18.2 Å². The summed E-state index contributed by atoms with van der Waals surface area (Å²) in [5.74, 6) is 0. The summed E-state index contributed by atoms with van der Waals surface area (Å²) in [5.41, 5.74) is 2.63. The zero-order valence-electron chi connectivity index (χ0n) is 9.96. The van der Waals surface area contributed by atoms with Gasteiger partial charge < -0.3 is 10.2 Å². The van der Waals surface area contributed by atoms with Crippen LogP contribution < -0.4 is 10.2 Å². The molecule has 1 aromatic rings. The first kappa shape index (κ1) is 11.7. The molecule has 1 aliphatic carbocycles. The minimum Gasteiger partial charge on any atom is -0.369 e. The van der Waals surface area contributed by atoms with Crippen molar-refractivity contribution in [1.82, 2.24) is 5.32 Å². The number of nitrogens with one attached hydrogen (secondary N) is 1. The van der Waals surface area contributed by atoms with Crippen LogP contribution in [0.1, 0.15) is 25.3 Å². The summed E-state index contributed by atoms with van der Waals surface area (Å²) in [6.45, 7) is 4.17. The second-order valence-electron chi connectivity index (χ2n) is 4.32. The van der Waals surface area contributed by atoms with Crippen LogP contribution in [0.25, 0.3) is 0 Å². The maximum atomic E-state index is 6.10. The van der Waals surface area contributed by atoms with E-state index in [0.29, 0.717) is 0 Å². The van der Waals surface area contributed by atoms with Gasteiger partial charge in [0.2, 0.25) is 0 Å². The fraction of sp³-hybridized carbons (Fsp3) is 0.538. The highest BCUT2D eigenvalue weighted by atomic mass is 35.5. The largest absolute Gasteiger partial charge is 0.369 e. The van der Waals surface area contributed by atoms with E-state index in [1.165, 1.54) is 24.1 Å². The molecule has 3 heteroatoms. The van der Waals surface area contributed by atoms with E-state index in [-0.39, 0.29) is 0 Å². The van der Waals surface area contributed by atoms with Crippen molar-refractivity contribution < 1.29 is 0 Å². The van der Waals surface area contributed by atoms with Gasteiger partial charge in [0.15, 0.2) is 0 Å². The third-order valence-corrected chi connectivity index (χ3v) is 3.29. The lowest BCUT2D eigenvalue weighted by Gasteiger charge is -2.26. The molecule has 0 spiro atoms. The predicted octanol–water partition coefficient (Wildman–Crippen LogP) is 3.05. The number of rotatable bonds is 5. The topological polar surface area (TPSA) is 15.3 Å². The van der Waals surface area contributed by atoms with Crippen molar-refractivity contribution >= 4 is 17.3 Å². The standard InChI is InChI=1S/C13H19ClN2/c1-3-16(12-6-7-12)13-8-11(14)5-4-10(13)9-15-2/h4-5,8,12,15H,3,6-7,9H2,1-2H3. The molecule has 16 heavy (non-hydrogen) atoms. The lowest BCUT2D eigenvalue weighted by molar-refractivity contribution is 0.782. The first-order valence-corrected chi connectivity index (χ1v) is 6.33. The molecular formula is C13H19ClN2. The Balaban J connectivity index is 2.30. The molecule has 0 saturated heterocycles. The second-order valence-corrected chi connectivity index (χ2v) is 4.76. The Morgan fingerprint density at radius 3 is 2.75 bits per heavy atom. The van der Waals surface area contributed by atoms with Crippen molar-refractivity contribution in [1.29, 1.82) is 0 Å². The molecule has 2 nitrogen and oxygen atoms in total. The van der Waals surface area contributed by atoms with Gasteiger partial charge >= 0.3 is 0 Å². The highest BCUT2D eigenvalue weighted by Crippen LogP contribution is 2.34. The quantitative estimate of drug-likeness (QED) is 0.848. The summed E-state index contributed by atoms with van der Waals surface area (Å²) in [6.07, 6.45) is 2.64. The number of nitrogens with zero attached hydrogens (tertiary/aromatic N) is 1. The fourth-order valence-electron chi connectivity index (χ4n) is 2.16. The van der Waals surface area contributed by atoms with E-state index in [4.69, 9.17) is 11.6 Å². The van der Waals surface area contributed by atoms with Crippen LogP contribution in [0.4, 0.5) is 5.69 Å². The Morgan fingerprint density at radius 2 is 2.19 bits per heavy atom. The van der Waals surface area contributed by atoms with Crippen molar-refractivity contribution in [3.05, 3.63) is 28.8 Å². The van der Waals surface area contributed by atoms with Crippen LogP contribution in [0.5, 0.6) is 0 Å². The third-order valence-electron chi connectivity index (χ3n) is 3.05. The van der Waals surface area contributed by atoms with Crippen LogP contribution in [0, 0.1) is 0 Å². The van der Waals surface area contributed by atoms with Crippen LogP contribution in [0.3, 0.4) is 0 Å². The maximum Gasteiger partial charge on any atom is 0.0429 e. The molecule has 1 aromatic carbocycles. The number of anilines is 1. The average molecular weight is 239 g/mol. The van der Waals surface area contributed by atoms with Gasteiger partial charge in [-0.05, 0) is 44.5 Å². The molecule has 1 saturated carbocycles. The molecule has 0 bridgehead atoms. The fourth-order valence-corrected chi connectivity index (χ4v) is 2.32. The summed E-state index contributed by atoms with van der Waals surface area (Å²) in [6, 6.07) is 6.92. The average Bonchev–Trinajstić information content (AvgIpc) is 3.07. The molecule has 0 radical (unpaired) electrons. The number of halogens is 1. The van der Waals surface area contributed by atoms with Crippen molar-refractivity contribution in [2.45, 2.75) is 32.4 Å². The smallest absolute Gasteiger partial charge is 0.0429 e. The van der Waals surface area contributed by atoms with E-state index in [0.717, 1.165) is 24.2 Å². The van der Waals surface area contributed by atoms with Crippen molar-refractivity contribution in [3.63, 3.8) is 0 Å². The highest BCUT2D eigenvalue weighted by molar-refractivity contribution is 6.30. The minimum atomic E-state index is 0.735. The van der Waals surface area contributed by atoms with E-state index in [2.05, 4.69) is 29.3 Å². The number of hydrogen-bond donors (Lipinski definition) is 1. The van der Waals surface area contributed by atoms with Gasteiger partial charge in [0.05, 0.1) is 0 Å². The first-order valence-electron chi connectivity index (χ1n) is 5.96. The molecule has 1 fully saturated rings. The van der Waals surface area contributed by atoms with Gasteiger partial charge in [-0.25, -0.2) is 0 Å². The molecule has 0 aliphatic heterocycles. The maximum absolute atomic E-state index is 6.10. The molecule has 1 N–H and O–H groups in total. The molecule has 0 amide bonds. The summed E-state index contributed by atoms with van der Waals surface area (Å²) >= 11 is 6.10. The number of benzene rings is 1. The van der Waals surface area contributed by atoms with Gasteiger partial charge in [0.25, 0.3) is 0 Å². The van der Waals surface area contributed by atoms with Crippen molar-refractivity contribution in [2.75, 3.05) is 18.5 Å². The lowest BCUT2D eigenvalue weighted by Crippen LogP contribution is -2.26. The second kappa shape index (κ2) is 5.07. The van der Waals surface area contributed by atoms with Gasteiger partial charge in [-0.3, -0.25) is 0 Å². The van der Waals surface area contributed by atoms with Crippen LogP contribution >= 0.6 is 11.6 Å². The molecule has 0 unspecified atom stereocenters. The molecular weight excluding hydrogens is 220 g/mol. The van der Waals surface area contributed by atoms with Crippen LogP contribution in [-0.2, 0) is 6.54 Å². The summed E-state index contributed by atoms with van der Waals surface area (Å²) in [4.78, 5) is 2.47. The van der Waals surface area contributed by atoms with Gasteiger partial charge in [-0.1, -0.05) is 17.7 Å². The minimum absolute atomic E-state index is 0.735. The summed E-state index contributed by atoms with van der Waals surface area (Å²) in [5, 5.41) is 4.04. The SMILES string of the molecule is CCN(c1cc(Cl)ccc1CNC)C1CC1. The van der Waals surface area contributed by atoms with E-state index in [1.807, 2.05) is 13.1 Å². The van der Waals surface area contributed by atoms with Crippen LogP contribution in [0.2, 0.25) is 5.02 Å². The Morgan fingerprint density at radius 1 is 1.44 bits per heavy atom. The summed E-state index contributed by atoms with van der Waals surface area (Å²) in [7, 11) is 1.98. The molecule has 0 heterocycles. The zero-order valence-corrected chi connectivity index (χ0v) is 10.7.